The summed E-state index contributed by atoms with van der Waals surface area (Å²) in [5.74, 6) is 0. The van der Waals surface area contributed by atoms with Crippen LogP contribution < -0.4 is 5.56 Å². The monoisotopic (exact) mass is 259 g/mol. The third kappa shape index (κ3) is 1.97. The maximum atomic E-state index is 12.1. The number of aromatic amines is 1. The van der Waals surface area contributed by atoms with Crippen molar-refractivity contribution >= 4 is 41.0 Å². The molecule has 0 aliphatic rings. The van der Waals surface area contributed by atoms with E-state index >= 15 is 0 Å². The van der Waals surface area contributed by atoms with Gasteiger partial charge in [0, 0.05) is 0 Å². The molecule has 0 bridgehead atoms. The van der Waals surface area contributed by atoms with Crippen LogP contribution in [-0.4, -0.2) is 4.98 Å². The Balaban J connectivity index is 2.57. The second kappa shape index (κ2) is 4.31. The predicted octanol–water partition coefficient (Wildman–Crippen LogP) is 3.93. The minimum atomic E-state index is -0.0409. The van der Waals surface area contributed by atoms with Crippen LogP contribution in [-0.2, 0) is 0 Å². The van der Waals surface area contributed by atoms with E-state index in [9.17, 15) is 4.79 Å². The summed E-state index contributed by atoms with van der Waals surface area (Å²) in [6.45, 7) is 0. The first-order valence-corrected chi connectivity index (χ1v) is 7.33. The van der Waals surface area contributed by atoms with Gasteiger partial charge < -0.3 is 4.98 Å². The van der Waals surface area contributed by atoms with Crippen LogP contribution in [0.3, 0.4) is 0 Å². The van der Waals surface area contributed by atoms with Crippen LogP contribution in [0.1, 0.15) is 0 Å². The van der Waals surface area contributed by atoms with Crippen molar-refractivity contribution in [2.45, 2.75) is 0 Å². The predicted molar refractivity (Wildman–Crippen MR) is 75.5 cm³/mol. The Bertz CT molecular complexity index is 774. The Hall–Kier alpha value is -1.65. The molecule has 0 aliphatic heterocycles. The van der Waals surface area contributed by atoms with Crippen molar-refractivity contribution in [3.63, 3.8) is 0 Å². The Morgan fingerprint density at radius 1 is 0.824 bits per heavy atom. The summed E-state index contributed by atoms with van der Waals surface area (Å²) in [4.78, 5) is 15.0. The number of para-hydroxylation sites is 1. The first-order chi connectivity index (χ1) is 8.34. The van der Waals surface area contributed by atoms with E-state index in [4.69, 9.17) is 0 Å². The van der Waals surface area contributed by atoms with E-state index in [2.05, 4.69) is 4.98 Å². The van der Waals surface area contributed by atoms with E-state index in [1.54, 1.807) is 20.7 Å². The first kappa shape index (κ1) is 10.5. The Morgan fingerprint density at radius 3 is 2.35 bits per heavy atom. The van der Waals surface area contributed by atoms with Crippen molar-refractivity contribution < 1.29 is 0 Å². The molecule has 2 nitrogen and oxygen atoms in total. The molecule has 1 aromatic heterocycles. The van der Waals surface area contributed by atoms with E-state index in [1.165, 1.54) is 0 Å². The van der Waals surface area contributed by atoms with Gasteiger partial charge in [-0.05, 0) is 24.3 Å². The molecule has 84 valence electrons. The standard InChI is InChI=1S/C13H9NOS2/c15-13-9-5-1-3-7-11(9)16-17-12-8-4-2-6-10(12)14-13/h1-8H,(H,14,15). The molecular formula is C13H9NOS2. The summed E-state index contributed by atoms with van der Waals surface area (Å²) in [5.41, 5.74) is 0.838. The molecule has 3 aromatic rings. The van der Waals surface area contributed by atoms with Crippen LogP contribution >= 0.6 is 20.7 Å². The van der Waals surface area contributed by atoms with Crippen molar-refractivity contribution in [1.29, 1.82) is 0 Å². The second-order valence-corrected chi connectivity index (χ2v) is 5.83. The van der Waals surface area contributed by atoms with Crippen molar-refractivity contribution in [3.05, 3.63) is 58.9 Å². The van der Waals surface area contributed by atoms with Gasteiger partial charge >= 0.3 is 0 Å². The topological polar surface area (TPSA) is 32.9 Å². The highest BCUT2D eigenvalue weighted by Crippen LogP contribution is 2.22. The van der Waals surface area contributed by atoms with Gasteiger partial charge in [0.05, 0.1) is 20.3 Å². The zero-order valence-electron chi connectivity index (χ0n) is 8.84. The fourth-order valence-electron chi connectivity index (χ4n) is 1.65. The van der Waals surface area contributed by atoms with Crippen LogP contribution in [0.15, 0.2) is 53.3 Å². The normalized spacial score (nSPS) is 10.6. The molecule has 0 fully saturated rings. The number of nitrogens with one attached hydrogen (secondary N) is 1. The first-order valence-electron chi connectivity index (χ1n) is 5.18. The lowest BCUT2D eigenvalue weighted by Crippen LogP contribution is -2.02. The third-order valence-electron chi connectivity index (χ3n) is 2.49. The van der Waals surface area contributed by atoms with E-state index in [0.717, 1.165) is 20.3 Å². The summed E-state index contributed by atoms with van der Waals surface area (Å²) < 4.78 is 2.09. The Kier molecular flexibility index (Phi) is 2.66. The molecule has 1 N–H and O–H groups in total. The molecule has 0 saturated carbocycles. The number of hydrogen-bond acceptors (Lipinski definition) is 3. The molecule has 0 atom stereocenters. The number of aromatic nitrogens is 1. The van der Waals surface area contributed by atoms with Crippen molar-refractivity contribution in [2.75, 3.05) is 0 Å². The summed E-state index contributed by atoms with van der Waals surface area (Å²) in [6, 6.07) is 15.5. The second-order valence-electron chi connectivity index (χ2n) is 3.61. The van der Waals surface area contributed by atoms with Crippen LogP contribution in [0.25, 0.3) is 20.3 Å². The van der Waals surface area contributed by atoms with E-state index in [1.807, 2.05) is 48.5 Å². The van der Waals surface area contributed by atoms with Gasteiger partial charge in [-0.2, -0.15) is 0 Å². The highest BCUT2D eigenvalue weighted by molar-refractivity contribution is 7.73. The largest absolute Gasteiger partial charge is 0.321 e. The van der Waals surface area contributed by atoms with Gasteiger partial charge in [-0.3, -0.25) is 4.79 Å². The smallest absolute Gasteiger partial charge is 0.257 e. The summed E-state index contributed by atoms with van der Waals surface area (Å²) >= 11 is 0. The minimum Gasteiger partial charge on any atom is -0.321 e. The number of rotatable bonds is 0. The average molecular weight is 259 g/mol. The number of H-pyrrole nitrogens is 1. The minimum absolute atomic E-state index is 0.0409. The lowest BCUT2D eigenvalue weighted by molar-refractivity contribution is 1.36. The molecular weight excluding hydrogens is 250 g/mol. The number of benzene rings is 2. The highest BCUT2D eigenvalue weighted by atomic mass is 32.9. The molecule has 4 heteroatoms. The zero-order valence-corrected chi connectivity index (χ0v) is 10.5. The SMILES string of the molecule is O=c1[nH]c2ccccc2ssc2ccccc12. The zero-order chi connectivity index (χ0) is 11.7. The van der Waals surface area contributed by atoms with Crippen molar-refractivity contribution in [3.8, 4) is 0 Å². The maximum Gasteiger partial charge on any atom is 0.257 e. The maximum absolute atomic E-state index is 12.1. The van der Waals surface area contributed by atoms with Crippen LogP contribution in [0.5, 0.6) is 0 Å². The molecule has 0 spiro atoms. The van der Waals surface area contributed by atoms with Crippen LogP contribution in [0, 0.1) is 0 Å². The van der Waals surface area contributed by atoms with E-state index in [0.29, 0.717) is 0 Å². The summed E-state index contributed by atoms with van der Waals surface area (Å²) in [6.07, 6.45) is 0. The Morgan fingerprint density at radius 2 is 1.47 bits per heavy atom. The third-order valence-corrected chi connectivity index (χ3v) is 4.97. The van der Waals surface area contributed by atoms with Gasteiger partial charge in [0.2, 0.25) is 0 Å². The van der Waals surface area contributed by atoms with Gasteiger partial charge in [0.1, 0.15) is 0 Å². The van der Waals surface area contributed by atoms with Gasteiger partial charge in [0.15, 0.2) is 0 Å². The average Bonchev–Trinajstić information content (AvgIpc) is 2.36. The fraction of sp³-hybridized carbons (Fsp3) is 0. The van der Waals surface area contributed by atoms with Crippen molar-refractivity contribution in [2.24, 2.45) is 0 Å². The molecule has 1 heterocycles. The molecule has 0 saturated heterocycles. The van der Waals surface area contributed by atoms with E-state index < -0.39 is 0 Å². The van der Waals surface area contributed by atoms with Gasteiger partial charge in [-0.15, -0.1) is 0 Å². The summed E-state index contributed by atoms with van der Waals surface area (Å²) in [7, 11) is 3.29. The molecule has 0 amide bonds. The lowest BCUT2D eigenvalue weighted by atomic mass is 10.3. The molecule has 17 heavy (non-hydrogen) atoms. The lowest BCUT2D eigenvalue weighted by Gasteiger charge is -1.95. The fourth-order valence-corrected chi connectivity index (χ4v) is 3.97. The van der Waals surface area contributed by atoms with E-state index in [-0.39, 0.29) is 5.56 Å². The van der Waals surface area contributed by atoms with Crippen LogP contribution in [0.4, 0.5) is 0 Å². The quantitative estimate of drug-likeness (QED) is 0.610. The van der Waals surface area contributed by atoms with Gasteiger partial charge in [-0.1, -0.05) is 44.9 Å². The van der Waals surface area contributed by atoms with Crippen LogP contribution in [0.2, 0.25) is 0 Å². The number of hydrogen-bond donors (Lipinski definition) is 1. The molecule has 0 radical (unpaired) electrons. The summed E-state index contributed by atoms with van der Waals surface area (Å²) in [5, 5.41) is 0.736. The molecule has 0 aliphatic carbocycles. The number of fused-ring (bicyclic) bond motifs is 2. The van der Waals surface area contributed by atoms with Gasteiger partial charge in [-0.25, -0.2) is 0 Å². The molecule has 3 rings (SSSR count). The highest BCUT2D eigenvalue weighted by Gasteiger charge is 1.97. The van der Waals surface area contributed by atoms with Gasteiger partial charge in [0.25, 0.3) is 5.56 Å². The Labute approximate surface area is 105 Å². The molecule has 0 unspecified atom stereocenters. The molecule has 2 aromatic carbocycles. The van der Waals surface area contributed by atoms with Crippen molar-refractivity contribution in [1.82, 2.24) is 4.98 Å².